The van der Waals surface area contributed by atoms with Crippen LogP contribution in [-0.2, 0) is 0 Å². The van der Waals surface area contributed by atoms with Crippen molar-refractivity contribution in [1.82, 2.24) is 19.7 Å². The van der Waals surface area contributed by atoms with Gasteiger partial charge in [-0.3, -0.25) is 9.59 Å². The molecule has 0 aliphatic carbocycles. The van der Waals surface area contributed by atoms with Gasteiger partial charge >= 0.3 is 0 Å². The van der Waals surface area contributed by atoms with E-state index in [4.69, 9.17) is 11.5 Å². The number of Topliss-reactive ketones (excluding diaryl/α,β-unsaturated/α-hetero) is 1. The van der Waals surface area contributed by atoms with Gasteiger partial charge in [0, 0.05) is 23.5 Å². The normalized spacial score (nSPS) is 10.4. The second kappa shape index (κ2) is 10.3. The van der Waals surface area contributed by atoms with Gasteiger partial charge in [-0.1, -0.05) is 42.5 Å². The molecule has 36 heavy (non-hydrogen) atoms. The SMILES string of the molecule is CC(=O)c1cnn(-c2ncccn2)c1N.Nc1c(O)c(C(=O)Nc2ccccc2)cc2ccccc12. The van der Waals surface area contributed by atoms with E-state index in [1.165, 1.54) is 17.8 Å². The van der Waals surface area contributed by atoms with Crippen LogP contribution in [0.1, 0.15) is 27.6 Å². The second-order valence-electron chi connectivity index (χ2n) is 7.69. The van der Waals surface area contributed by atoms with Crippen molar-refractivity contribution in [3.63, 3.8) is 0 Å². The van der Waals surface area contributed by atoms with E-state index in [-0.39, 0.29) is 28.6 Å². The van der Waals surface area contributed by atoms with Crippen molar-refractivity contribution in [2.75, 3.05) is 16.8 Å². The quantitative estimate of drug-likeness (QED) is 0.171. The number of fused-ring (bicyclic) bond motifs is 1. The number of aromatic nitrogens is 4. The Morgan fingerprint density at radius 1 is 0.917 bits per heavy atom. The van der Waals surface area contributed by atoms with E-state index in [0.29, 0.717) is 17.2 Å². The number of nitrogens with two attached hydrogens (primary N) is 2. The molecule has 5 aromatic rings. The first-order chi connectivity index (χ1) is 17.4. The lowest BCUT2D eigenvalue weighted by Gasteiger charge is -2.11. The number of benzene rings is 3. The number of amides is 1. The summed E-state index contributed by atoms with van der Waals surface area (Å²) in [6.07, 6.45) is 4.57. The molecule has 0 spiro atoms. The first-order valence-corrected chi connectivity index (χ1v) is 10.8. The fourth-order valence-electron chi connectivity index (χ4n) is 3.45. The number of nitrogens with one attached hydrogen (secondary N) is 1. The molecular formula is C26H23N7O3. The van der Waals surface area contributed by atoms with E-state index >= 15 is 0 Å². The predicted molar refractivity (Wildman–Crippen MR) is 138 cm³/mol. The Hall–Kier alpha value is -5.25. The van der Waals surface area contributed by atoms with E-state index in [0.717, 1.165) is 10.8 Å². The lowest BCUT2D eigenvalue weighted by molar-refractivity contribution is 0.101. The summed E-state index contributed by atoms with van der Waals surface area (Å²) in [4.78, 5) is 31.4. The first-order valence-electron chi connectivity index (χ1n) is 10.8. The molecule has 0 atom stereocenters. The number of hydrogen-bond donors (Lipinski definition) is 4. The molecule has 0 radical (unpaired) electrons. The zero-order valence-electron chi connectivity index (χ0n) is 19.3. The molecule has 0 saturated heterocycles. The molecule has 180 valence electrons. The highest BCUT2D eigenvalue weighted by atomic mass is 16.3. The average molecular weight is 482 g/mol. The van der Waals surface area contributed by atoms with Crippen LogP contribution in [0, 0.1) is 0 Å². The molecule has 0 bridgehead atoms. The molecule has 3 aromatic carbocycles. The van der Waals surface area contributed by atoms with Gasteiger partial charge in [-0.05, 0) is 36.6 Å². The molecule has 0 unspecified atom stereocenters. The van der Waals surface area contributed by atoms with Gasteiger partial charge in [0.05, 0.1) is 23.0 Å². The van der Waals surface area contributed by atoms with Crippen LogP contribution >= 0.6 is 0 Å². The monoisotopic (exact) mass is 481 g/mol. The Morgan fingerprint density at radius 3 is 2.25 bits per heavy atom. The summed E-state index contributed by atoms with van der Waals surface area (Å²) in [5.74, 6) is -0.107. The Kier molecular flexibility index (Phi) is 6.87. The van der Waals surface area contributed by atoms with Crippen LogP contribution in [0.5, 0.6) is 5.75 Å². The maximum atomic E-state index is 12.3. The number of carbonyl (C=O) groups excluding carboxylic acids is 2. The molecular weight excluding hydrogens is 458 g/mol. The topological polar surface area (TPSA) is 162 Å². The largest absolute Gasteiger partial charge is 0.505 e. The van der Waals surface area contributed by atoms with Gasteiger partial charge in [0.25, 0.3) is 11.9 Å². The van der Waals surface area contributed by atoms with Crippen molar-refractivity contribution < 1.29 is 14.7 Å². The van der Waals surface area contributed by atoms with E-state index < -0.39 is 5.91 Å². The Bertz CT molecular complexity index is 1530. The summed E-state index contributed by atoms with van der Waals surface area (Å²) >= 11 is 0. The predicted octanol–water partition coefficient (Wildman–Crippen LogP) is 3.83. The van der Waals surface area contributed by atoms with Crippen molar-refractivity contribution in [2.24, 2.45) is 0 Å². The molecule has 2 aromatic heterocycles. The van der Waals surface area contributed by atoms with E-state index in [2.05, 4.69) is 20.4 Å². The number of nitrogens with zero attached hydrogens (tertiary/aromatic N) is 4. The number of para-hydroxylation sites is 1. The van der Waals surface area contributed by atoms with Gasteiger partial charge < -0.3 is 21.9 Å². The molecule has 0 aliphatic heterocycles. The Labute approximate surface area is 206 Å². The van der Waals surface area contributed by atoms with Gasteiger partial charge in [0.1, 0.15) is 5.82 Å². The number of phenols is 1. The van der Waals surface area contributed by atoms with Crippen LogP contribution in [0.15, 0.2) is 85.3 Å². The lowest BCUT2D eigenvalue weighted by Crippen LogP contribution is -2.12. The maximum absolute atomic E-state index is 12.3. The zero-order chi connectivity index (χ0) is 25.7. The number of anilines is 3. The van der Waals surface area contributed by atoms with Crippen LogP contribution in [-0.4, -0.2) is 36.5 Å². The van der Waals surface area contributed by atoms with Gasteiger partial charge in [-0.15, -0.1) is 0 Å². The first kappa shape index (κ1) is 23.9. The van der Waals surface area contributed by atoms with Gasteiger partial charge in [-0.2, -0.15) is 9.78 Å². The molecule has 1 amide bonds. The lowest BCUT2D eigenvalue weighted by atomic mass is 10.0. The minimum Gasteiger partial charge on any atom is -0.505 e. The van der Waals surface area contributed by atoms with Crippen molar-refractivity contribution >= 4 is 39.7 Å². The summed E-state index contributed by atoms with van der Waals surface area (Å²) in [6.45, 7) is 1.43. The van der Waals surface area contributed by atoms with Crippen LogP contribution < -0.4 is 16.8 Å². The van der Waals surface area contributed by atoms with Crippen LogP contribution in [0.3, 0.4) is 0 Å². The summed E-state index contributed by atoms with van der Waals surface area (Å²) in [6, 6.07) is 19.7. The Balaban J connectivity index is 0.000000179. The highest BCUT2D eigenvalue weighted by Gasteiger charge is 2.16. The second-order valence-corrected chi connectivity index (χ2v) is 7.69. The average Bonchev–Trinajstić information content (AvgIpc) is 3.29. The summed E-state index contributed by atoms with van der Waals surface area (Å²) in [7, 11) is 0. The van der Waals surface area contributed by atoms with Gasteiger partial charge in [0.2, 0.25) is 0 Å². The van der Waals surface area contributed by atoms with Crippen LogP contribution in [0.4, 0.5) is 17.2 Å². The Morgan fingerprint density at radius 2 is 1.58 bits per heavy atom. The van der Waals surface area contributed by atoms with Gasteiger partial charge in [0.15, 0.2) is 11.5 Å². The third kappa shape index (κ3) is 4.97. The van der Waals surface area contributed by atoms with Gasteiger partial charge in [-0.25, -0.2) is 9.97 Å². The molecule has 0 saturated carbocycles. The summed E-state index contributed by atoms with van der Waals surface area (Å²) < 4.78 is 1.33. The minimum absolute atomic E-state index is 0.130. The third-order valence-electron chi connectivity index (χ3n) is 5.26. The zero-order valence-corrected chi connectivity index (χ0v) is 19.3. The number of aromatic hydroxyl groups is 1. The van der Waals surface area contributed by atoms with E-state index in [9.17, 15) is 14.7 Å². The van der Waals surface area contributed by atoms with E-state index in [1.54, 1.807) is 36.7 Å². The molecule has 10 nitrogen and oxygen atoms in total. The number of phenolic OH excluding ortho intramolecular Hbond substituents is 1. The van der Waals surface area contributed by atoms with Crippen molar-refractivity contribution in [1.29, 1.82) is 0 Å². The smallest absolute Gasteiger partial charge is 0.259 e. The molecule has 2 heterocycles. The van der Waals surface area contributed by atoms with Crippen LogP contribution in [0.2, 0.25) is 0 Å². The maximum Gasteiger partial charge on any atom is 0.259 e. The van der Waals surface area contributed by atoms with Crippen molar-refractivity contribution in [3.05, 3.63) is 96.4 Å². The summed E-state index contributed by atoms with van der Waals surface area (Å²) in [5, 5.41) is 18.4. The minimum atomic E-state index is -0.392. The standard InChI is InChI=1S/C17H14N2O2.C9H9N5O/c18-15-13-9-5-4-6-11(13)10-14(16(15)20)17(21)19-12-7-2-1-3-8-12;1-6(15)7-5-13-14(8(7)10)9-11-3-2-4-12-9/h1-10,20H,18H2,(H,19,21);2-5H,10H2,1H3. The highest BCUT2D eigenvalue weighted by molar-refractivity contribution is 6.11. The molecule has 5 rings (SSSR count). The number of rotatable bonds is 4. The van der Waals surface area contributed by atoms with E-state index in [1.807, 2.05) is 42.5 Å². The number of hydrogen-bond acceptors (Lipinski definition) is 8. The fraction of sp³-hybridized carbons (Fsp3) is 0.0385. The van der Waals surface area contributed by atoms with Crippen LogP contribution in [0.25, 0.3) is 16.7 Å². The van der Waals surface area contributed by atoms with Crippen molar-refractivity contribution in [3.8, 4) is 11.7 Å². The molecule has 10 heteroatoms. The van der Waals surface area contributed by atoms with Crippen molar-refractivity contribution in [2.45, 2.75) is 6.92 Å². The molecule has 0 fully saturated rings. The molecule has 0 aliphatic rings. The summed E-state index contributed by atoms with van der Waals surface area (Å²) in [5.41, 5.74) is 13.1. The highest BCUT2D eigenvalue weighted by Crippen LogP contribution is 2.33. The third-order valence-corrected chi connectivity index (χ3v) is 5.26. The number of carbonyl (C=O) groups is 2. The number of ketones is 1. The number of nitrogen functional groups attached to an aromatic ring is 2. The fourth-order valence-corrected chi connectivity index (χ4v) is 3.45. The molecule has 6 N–H and O–H groups in total.